The monoisotopic (exact) mass is 194 g/mol. The summed E-state index contributed by atoms with van der Waals surface area (Å²) >= 11 is 0. The molecule has 0 nitrogen and oxygen atoms in total. The summed E-state index contributed by atoms with van der Waals surface area (Å²) in [6.45, 7) is 11.6. The van der Waals surface area contributed by atoms with Gasteiger partial charge in [-0.25, -0.2) is 0 Å². The van der Waals surface area contributed by atoms with Gasteiger partial charge in [-0.05, 0) is 37.0 Å². The zero-order valence-corrected chi connectivity index (χ0v) is 10.6. The van der Waals surface area contributed by atoms with Crippen molar-refractivity contribution in [3.63, 3.8) is 0 Å². The van der Waals surface area contributed by atoms with E-state index in [2.05, 4.69) is 40.7 Å². The maximum atomic E-state index is 2.44. The maximum absolute atomic E-state index is 2.44. The van der Waals surface area contributed by atoms with E-state index in [0.29, 0.717) is 11.3 Å². The van der Waals surface area contributed by atoms with E-state index in [1.165, 1.54) is 25.7 Å². The Balaban J connectivity index is 2.47. The molecule has 0 heterocycles. The lowest BCUT2D eigenvalue weighted by molar-refractivity contribution is 0.0663. The average Bonchev–Trinajstić information content (AvgIpc) is 2.03. The molecule has 0 bridgehead atoms. The fourth-order valence-electron chi connectivity index (χ4n) is 2.80. The summed E-state index contributed by atoms with van der Waals surface area (Å²) in [6.07, 6.45) is 8.06. The molecule has 0 aromatic rings. The first-order chi connectivity index (χ1) is 6.53. The van der Waals surface area contributed by atoms with Gasteiger partial charge in [-0.2, -0.15) is 0 Å². The van der Waals surface area contributed by atoms with Crippen LogP contribution in [0.2, 0.25) is 0 Å². The van der Waals surface area contributed by atoms with Crippen LogP contribution >= 0.6 is 0 Å². The maximum Gasteiger partial charge on any atom is -0.0195 e. The van der Waals surface area contributed by atoms with Gasteiger partial charge in [0.1, 0.15) is 0 Å². The van der Waals surface area contributed by atoms with Gasteiger partial charge in [-0.1, -0.05) is 52.2 Å². The summed E-state index contributed by atoms with van der Waals surface area (Å²) in [6, 6.07) is 0. The Bertz CT molecular complexity index is 198. The van der Waals surface area contributed by atoms with Crippen molar-refractivity contribution in [3.05, 3.63) is 11.6 Å². The molecule has 1 saturated carbocycles. The largest absolute Gasteiger partial charge is 0.0828 e. The number of hydrogen-bond acceptors (Lipinski definition) is 0. The molecule has 0 amide bonds. The standard InChI is InChI=1S/C14H26/c1-6-14(7-2)9-13(10-14)12(5)8-11(3)4/h8,11,13H,6-7,9-10H2,1-5H3/b12-8+. The highest BCUT2D eigenvalue weighted by Gasteiger charge is 2.41. The molecular formula is C14H26. The second-order valence-electron chi connectivity index (χ2n) is 5.47. The topological polar surface area (TPSA) is 0 Å². The fraction of sp³-hybridized carbons (Fsp3) is 0.857. The third-order valence-corrected chi connectivity index (χ3v) is 4.10. The Morgan fingerprint density at radius 3 is 2.14 bits per heavy atom. The molecule has 0 unspecified atom stereocenters. The van der Waals surface area contributed by atoms with Crippen molar-refractivity contribution < 1.29 is 0 Å². The first kappa shape index (κ1) is 11.8. The highest BCUT2D eigenvalue weighted by Crippen LogP contribution is 2.53. The molecule has 1 aliphatic carbocycles. The van der Waals surface area contributed by atoms with E-state index in [9.17, 15) is 0 Å². The van der Waals surface area contributed by atoms with E-state index in [4.69, 9.17) is 0 Å². The summed E-state index contributed by atoms with van der Waals surface area (Å²) in [4.78, 5) is 0. The molecule has 0 atom stereocenters. The molecule has 0 radical (unpaired) electrons. The Labute approximate surface area is 89.8 Å². The smallest absolute Gasteiger partial charge is 0.0195 e. The molecule has 1 aliphatic rings. The van der Waals surface area contributed by atoms with E-state index in [-0.39, 0.29) is 0 Å². The molecule has 0 spiro atoms. The Hall–Kier alpha value is -0.260. The van der Waals surface area contributed by atoms with Crippen LogP contribution in [0.15, 0.2) is 11.6 Å². The van der Waals surface area contributed by atoms with Crippen LogP contribution in [0.3, 0.4) is 0 Å². The van der Waals surface area contributed by atoms with Crippen molar-refractivity contribution in [2.75, 3.05) is 0 Å². The van der Waals surface area contributed by atoms with Gasteiger partial charge >= 0.3 is 0 Å². The third kappa shape index (κ3) is 2.40. The Morgan fingerprint density at radius 2 is 1.79 bits per heavy atom. The van der Waals surface area contributed by atoms with Crippen LogP contribution in [0.1, 0.15) is 60.3 Å². The van der Waals surface area contributed by atoms with Crippen LogP contribution in [0.5, 0.6) is 0 Å². The average molecular weight is 194 g/mol. The van der Waals surface area contributed by atoms with Crippen LogP contribution in [-0.2, 0) is 0 Å². The quantitative estimate of drug-likeness (QED) is 0.564. The Kier molecular flexibility index (Phi) is 3.80. The van der Waals surface area contributed by atoms with Crippen LogP contribution in [0.25, 0.3) is 0 Å². The van der Waals surface area contributed by atoms with Gasteiger partial charge in [-0.15, -0.1) is 0 Å². The number of hydrogen-bond donors (Lipinski definition) is 0. The van der Waals surface area contributed by atoms with Gasteiger partial charge in [0.15, 0.2) is 0 Å². The zero-order valence-electron chi connectivity index (χ0n) is 10.6. The molecule has 1 fully saturated rings. The number of allylic oxidation sites excluding steroid dienone is 2. The molecule has 0 saturated heterocycles. The summed E-state index contributed by atoms with van der Waals surface area (Å²) < 4.78 is 0. The van der Waals surface area contributed by atoms with Crippen molar-refractivity contribution >= 4 is 0 Å². The minimum Gasteiger partial charge on any atom is -0.0828 e. The fourth-order valence-corrected chi connectivity index (χ4v) is 2.80. The van der Waals surface area contributed by atoms with Crippen LogP contribution < -0.4 is 0 Å². The first-order valence-electron chi connectivity index (χ1n) is 6.21. The lowest BCUT2D eigenvalue weighted by Gasteiger charge is -2.48. The van der Waals surface area contributed by atoms with Crippen molar-refractivity contribution in [1.82, 2.24) is 0 Å². The molecular weight excluding hydrogens is 168 g/mol. The molecule has 82 valence electrons. The van der Waals surface area contributed by atoms with Crippen LogP contribution in [0.4, 0.5) is 0 Å². The predicted octanol–water partition coefficient (Wildman–Crippen LogP) is 4.81. The van der Waals surface area contributed by atoms with Gasteiger partial charge in [-0.3, -0.25) is 0 Å². The predicted molar refractivity (Wildman–Crippen MR) is 64.3 cm³/mol. The van der Waals surface area contributed by atoms with Crippen molar-refractivity contribution in [2.45, 2.75) is 60.3 Å². The van der Waals surface area contributed by atoms with Crippen molar-refractivity contribution in [2.24, 2.45) is 17.3 Å². The molecule has 14 heavy (non-hydrogen) atoms. The molecule has 0 aromatic carbocycles. The highest BCUT2D eigenvalue weighted by molar-refractivity contribution is 5.12. The summed E-state index contributed by atoms with van der Waals surface area (Å²) in [7, 11) is 0. The van der Waals surface area contributed by atoms with Gasteiger partial charge < -0.3 is 0 Å². The van der Waals surface area contributed by atoms with Crippen LogP contribution in [0, 0.1) is 17.3 Å². The third-order valence-electron chi connectivity index (χ3n) is 4.10. The number of rotatable bonds is 4. The zero-order chi connectivity index (χ0) is 10.8. The molecule has 0 heteroatoms. The molecule has 0 aliphatic heterocycles. The molecule has 0 aromatic heterocycles. The van der Waals surface area contributed by atoms with Gasteiger partial charge in [0.2, 0.25) is 0 Å². The second-order valence-corrected chi connectivity index (χ2v) is 5.47. The lowest BCUT2D eigenvalue weighted by atomic mass is 9.57. The van der Waals surface area contributed by atoms with Gasteiger partial charge in [0, 0.05) is 0 Å². The second kappa shape index (κ2) is 4.51. The summed E-state index contributed by atoms with van der Waals surface area (Å²) in [5.74, 6) is 1.62. The van der Waals surface area contributed by atoms with E-state index in [1.807, 2.05) is 0 Å². The normalized spacial score (nSPS) is 22.6. The van der Waals surface area contributed by atoms with Crippen molar-refractivity contribution in [3.8, 4) is 0 Å². The lowest BCUT2D eigenvalue weighted by Crippen LogP contribution is -2.36. The SMILES string of the molecule is CCC1(CC)CC(/C(C)=C/C(C)C)C1. The highest BCUT2D eigenvalue weighted by atomic mass is 14.5. The van der Waals surface area contributed by atoms with Gasteiger partial charge in [0.05, 0.1) is 0 Å². The Morgan fingerprint density at radius 1 is 1.29 bits per heavy atom. The first-order valence-corrected chi connectivity index (χ1v) is 6.21. The van der Waals surface area contributed by atoms with E-state index in [1.54, 1.807) is 5.57 Å². The minimum atomic E-state index is 0.705. The van der Waals surface area contributed by atoms with E-state index in [0.717, 1.165) is 5.92 Å². The van der Waals surface area contributed by atoms with E-state index >= 15 is 0 Å². The van der Waals surface area contributed by atoms with E-state index < -0.39 is 0 Å². The molecule has 1 rings (SSSR count). The summed E-state index contributed by atoms with van der Waals surface area (Å²) in [5, 5.41) is 0. The molecule has 0 N–H and O–H groups in total. The summed E-state index contributed by atoms with van der Waals surface area (Å²) in [5.41, 5.74) is 2.34. The van der Waals surface area contributed by atoms with Gasteiger partial charge in [0.25, 0.3) is 0 Å². The minimum absolute atomic E-state index is 0.705. The van der Waals surface area contributed by atoms with Crippen molar-refractivity contribution in [1.29, 1.82) is 0 Å². The van der Waals surface area contributed by atoms with Crippen LogP contribution in [-0.4, -0.2) is 0 Å².